The highest BCUT2D eigenvalue weighted by Gasteiger charge is 2.40. The molecule has 0 bridgehead atoms. The van der Waals surface area contributed by atoms with Crippen LogP contribution in [0.4, 0.5) is 0 Å². The molecule has 2 atom stereocenters. The van der Waals surface area contributed by atoms with Gasteiger partial charge in [-0.3, -0.25) is 9.59 Å². The average molecular weight is 647 g/mol. The van der Waals surface area contributed by atoms with E-state index in [2.05, 4.69) is 18.9 Å². The van der Waals surface area contributed by atoms with Crippen LogP contribution in [-0.2, 0) is 60.4 Å². The Hall–Kier alpha value is -5.80. The smallest absolute Gasteiger partial charge is 0.349 e. The predicted molar refractivity (Wildman–Crippen MR) is 150 cm³/mol. The van der Waals surface area contributed by atoms with Crippen LogP contribution in [0.25, 0.3) is 0 Å². The van der Waals surface area contributed by atoms with Crippen molar-refractivity contribution in [1.29, 1.82) is 0 Å². The number of hydrogen-bond donors (Lipinski definition) is 2. The van der Waals surface area contributed by atoms with Gasteiger partial charge >= 0.3 is 47.8 Å². The molecule has 0 saturated heterocycles. The average Bonchev–Trinajstić information content (AvgIpc) is 3.05. The van der Waals surface area contributed by atoms with Gasteiger partial charge in [-0.1, -0.05) is 12.1 Å². The van der Waals surface area contributed by atoms with Crippen LogP contribution in [0.3, 0.4) is 0 Å². The summed E-state index contributed by atoms with van der Waals surface area (Å²) in [7, 11) is 4.41. The first kappa shape index (κ1) is 36.4. The Bertz CT molecular complexity index is 1410. The zero-order chi connectivity index (χ0) is 34.6. The molecule has 2 rings (SSSR count). The molecule has 0 aromatic heterocycles. The number of ether oxygens (including phenoxy) is 6. The Morgan fingerprint density at radius 2 is 0.826 bits per heavy atom. The fraction of sp³-hybridized carbons (Fsp3) is 0.333. The molecule has 0 aliphatic rings. The van der Waals surface area contributed by atoms with E-state index in [9.17, 15) is 48.6 Å². The van der Waals surface area contributed by atoms with Gasteiger partial charge in [0.15, 0.2) is 0 Å². The molecule has 16 nitrogen and oxygen atoms in total. The monoisotopic (exact) mass is 646 g/mol. The maximum Gasteiger partial charge on any atom is 0.349 e. The summed E-state index contributed by atoms with van der Waals surface area (Å²) >= 11 is 0. The minimum atomic E-state index is -2.42. The Balaban J connectivity index is 2.12. The second-order valence-electron chi connectivity index (χ2n) is 9.22. The maximum atomic E-state index is 12.5. The molecule has 16 heteroatoms. The number of aliphatic carboxylic acids is 2. The second-order valence-corrected chi connectivity index (χ2v) is 9.22. The van der Waals surface area contributed by atoms with Gasteiger partial charge in [0.05, 0.1) is 50.7 Å². The summed E-state index contributed by atoms with van der Waals surface area (Å²) in [5.74, 6) is -9.51. The van der Waals surface area contributed by atoms with E-state index in [-0.39, 0.29) is 35.1 Å². The number of carboxylic acid groups (broad SMARTS) is 2. The largest absolute Gasteiger partial charge is 0.478 e. The van der Waals surface area contributed by atoms with E-state index < -0.39 is 72.8 Å². The van der Waals surface area contributed by atoms with Crippen LogP contribution in [0.15, 0.2) is 36.4 Å². The maximum absolute atomic E-state index is 12.5. The molecule has 0 aliphatic carbocycles. The summed E-state index contributed by atoms with van der Waals surface area (Å²) in [4.78, 5) is 96.8. The standard InChI is InChI=1S/C30H30O16/c1-41-27(37)17-9-5-15(13-19(17)29(39)43-3)7-11-21(31)45-23(25(33)34)24(26(35)36)46-22(32)12-8-16-6-10-18(28(38)42-2)20(14-16)30(40)44-4/h5-6,9-10,13-14,23-24H,7-8,11-12H2,1-4H3,(H,33,34)(H,35,36). The SMILES string of the molecule is COC(=O)c1ccc(CCC(=O)OC(C(=O)O)C(OC(=O)CCc2ccc(C(=O)OC)c(C(=O)OC)c2)C(=O)O)cc1C(=O)OC. The van der Waals surface area contributed by atoms with Gasteiger partial charge in [0.25, 0.3) is 0 Å². The van der Waals surface area contributed by atoms with Crippen molar-refractivity contribution < 1.29 is 77.0 Å². The molecule has 0 aliphatic heterocycles. The third-order valence-corrected chi connectivity index (χ3v) is 6.30. The highest BCUT2D eigenvalue weighted by atomic mass is 16.6. The van der Waals surface area contributed by atoms with Crippen molar-refractivity contribution in [1.82, 2.24) is 0 Å². The number of carbonyl (C=O) groups excluding carboxylic acids is 6. The molecule has 0 spiro atoms. The lowest BCUT2D eigenvalue weighted by atomic mass is 10.0. The van der Waals surface area contributed by atoms with Crippen LogP contribution < -0.4 is 0 Å². The van der Waals surface area contributed by atoms with Crippen LogP contribution in [0.5, 0.6) is 0 Å². The fourth-order valence-electron chi connectivity index (χ4n) is 4.00. The molecule has 2 aromatic carbocycles. The molecule has 46 heavy (non-hydrogen) atoms. The fourth-order valence-corrected chi connectivity index (χ4v) is 4.00. The van der Waals surface area contributed by atoms with Gasteiger partial charge in [0.2, 0.25) is 12.2 Å². The van der Waals surface area contributed by atoms with Crippen molar-refractivity contribution in [3.8, 4) is 0 Å². The molecule has 0 radical (unpaired) electrons. The second kappa shape index (κ2) is 16.9. The van der Waals surface area contributed by atoms with Gasteiger partial charge in [-0.2, -0.15) is 0 Å². The summed E-state index contributed by atoms with van der Waals surface area (Å²) in [5, 5.41) is 19.1. The molecule has 0 saturated carbocycles. The van der Waals surface area contributed by atoms with E-state index in [0.29, 0.717) is 11.1 Å². The van der Waals surface area contributed by atoms with Crippen molar-refractivity contribution >= 4 is 47.8 Å². The first-order valence-corrected chi connectivity index (χ1v) is 13.2. The molecule has 0 heterocycles. The summed E-state index contributed by atoms with van der Waals surface area (Å²) in [6.45, 7) is 0. The summed E-state index contributed by atoms with van der Waals surface area (Å²) < 4.78 is 28.2. The molecular weight excluding hydrogens is 616 g/mol. The lowest BCUT2D eigenvalue weighted by Crippen LogP contribution is -2.45. The van der Waals surface area contributed by atoms with Crippen molar-refractivity contribution in [2.45, 2.75) is 37.9 Å². The Morgan fingerprint density at radius 1 is 0.522 bits per heavy atom. The van der Waals surface area contributed by atoms with Gasteiger partial charge in [0.1, 0.15) is 0 Å². The third-order valence-electron chi connectivity index (χ3n) is 6.30. The van der Waals surface area contributed by atoms with Crippen LogP contribution in [-0.4, -0.2) is 98.6 Å². The highest BCUT2D eigenvalue weighted by molar-refractivity contribution is 6.04. The van der Waals surface area contributed by atoms with E-state index >= 15 is 0 Å². The zero-order valence-corrected chi connectivity index (χ0v) is 25.1. The number of esters is 6. The van der Waals surface area contributed by atoms with Gasteiger partial charge in [0, 0.05) is 12.8 Å². The molecule has 2 aromatic rings. The number of benzene rings is 2. The quantitative estimate of drug-likeness (QED) is 0.205. The van der Waals surface area contributed by atoms with E-state index in [4.69, 9.17) is 9.47 Å². The molecular formula is C30H30O16. The first-order valence-electron chi connectivity index (χ1n) is 13.2. The number of aryl methyl sites for hydroxylation is 2. The van der Waals surface area contributed by atoms with Gasteiger partial charge in [-0.05, 0) is 48.2 Å². The molecule has 0 fully saturated rings. The zero-order valence-electron chi connectivity index (χ0n) is 25.1. The van der Waals surface area contributed by atoms with E-state index in [0.717, 1.165) is 28.4 Å². The van der Waals surface area contributed by atoms with Crippen LogP contribution in [0, 0.1) is 0 Å². The number of hydrogen-bond acceptors (Lipinski definition) is 14. The van der Waals surface area contributed by atoms with E-state index in [1.165, 1.54) is 36.4 Å². The van der Waals surface area contributed by atoms with Crippen LogP contribution in [0.1, 0.15) is 65.4 Å². The molecule has 2 N–H and O–H groups in total. The van der Waals surface area contributed by atoms with Gasteiger partial charge in [-0.15, -0.1) is 0 Å². The highest BCUT2D eigenvalue weighted by Crippen LogP contribution is 2.19. The van der Waals surface area contributed by atoms with Crippen LogP contribution >= 0.6 is 0 Å². The topological polar surface area (TPSA) is 232 Å². The predicted octanol–water partition coefficient (Wildman–Crippen LogP) is 1.39. The number of methoxy groups -OCH3 is 4. The minimum absolute atomic E-state index is 0.0974. The number of rotatable bonds is 15. The summed E-state index contributed by atoms with van der Waals surface area (Å²) in [5.41, 5.74) is 0.186. The Labute approximate surface area is 261 Å². The van der Waals surface area contributed by atoms with Crippen molar-refractivity contribution in [3.05, 3.63) is 69.8 Å². The molecule has 0 amide bonds. The Kier molecular flexibility index (Phi) is 13.4. The minimum Gasteiger partial charge on any atom is -0.478 e. The van der Waals surface area contributed by atoms with E-state index in [1.54, 1.807) is 0 Å². The lowest BCUT2D eigenvalue weighted by Gasteiger charge is -2.21. The number of carboxylic acids is 2. The lowest BCUT2D eigenvalue weighted by molar-refractivity contribution is -0.187. The Morgan fingerprint density at radius 3 is 1.11 bits per heavy atom. The van der Waals surface area contributed by atoms with Gasteiger partial charge in [-0.25, -0.2) is 28.8 Å². The van der Waals surface area contributed by atoms with Gasteiger partial charge < -0.3 is 38.6 Å². The van der Waals surface area contributed by atoms with E-state index in [1.807, 2.05) is 0 Å². The third kappa shape index (κ3) is 9.60. The first-order chi connectivity index (χ1) is 21.8. The summed E-state index contributed by atoms with van der Waals surface area (Å²) in [6, 6.07) is 7.86. The normalized spacial score (nSPS) is 11.7. The number of carbonyl (C=O) groups is 8. The van der Waals surface area contributed by atoms with Crippen molar-refractivity contribution in [2.24, 2.45) is 0 Å². The molecule has 2 unspecified atom stereocenters. The molecule has 246 valence electrons. The van der Waals surface area contributed by atoms with Crippen molar-refractivity contribution in [2.75, 3.05) is 28.4 Å². The van der Waals surface area contributed by atoms with Crippen molar-refractivity contribution in [3.63, 3.8) is 0 Å². The van der Waals surface area contributed by atoms with Crippen LogP contribution in [0.2, 0.25) is 0 Å². The summed E-state index contributed by atoms with van der Waals surface area (Å²) in [6.07, 6.45) is -6.09.